The van der Waals surface area contributed by atoms with E-state index in [2.05, 4.69) is 5.32 Å². The van der Waals surface area contributed by atoms with Gasteiger partial charge < -0.3 is 24.7 Å². The Labute approximate surface area is 133 Å². The number of carboxylic acids is 1. The summed E-state index contributed by atoms with van der Waals surface area (Å²) in [6.07, 6.45) is 0. The van der Waals surface area contributed by atoms with Crippen LogP contribution in [-0.2, 0) is 4.79 Å². The number of anilines is 1. The Morgan fingerprint density at radius 3 is 2.52 bits per heavy atom. The minimum atomic E-state index is -1.29. The van der Waals surface area contributed by atoms with E-state index in [1.807, 2.05) is 0 Å². The van der Waals surface area contributed by atoms with Crippen LogP contribution in [0.25, 0.3) is 0 Å². The van der Waals surface area contributed by atoms with Crippen molar-refractivity contribution in [2.24, 2.45) is 0 Å². The van der Waals surface area contributed by atoms with Crippen molar-refractivity contribution in [3.8, 4) is 11.5 Å². The van der Waals surface area contributed by atoms with Crippen LogP contribution in [0.5, 0.6) is 11.5 Å². The Bertz CT molecular complexity index is 727. The first-order valence-electron chi connectivity index (χ1n) is 6.89. The molecule has 0 heterocycles. The highest BCUT2D eigenvalue weighted by Crippen LogP contribution is 2.20. The number of benzene rings is 2. The van der Waals surface area contributed by atoms with Gasteiger partial charge in [0.1, 0.15) is 11.5 Å². The van der Waals surface area contributed by atoms with Crippen molar-refractivity contribution >= 4 is 17.6 Å². The van der Waals surface area contributed by atoms with Crippen LogP contribution in [0.3, 0.4) is 0 Å². The monoisotopic (exact) mass is 314 g/mol. The third-order valence-corrected chi connectivity index (χ3v) is 3.24. The van der Waals surface area contributed by atoms with Crippen LogP contribution in [0.1, 0.15) is 15.9 Å². The van der Waals surface area contributed by atoms with Crippen molar-refractivity contribution < 1.29 is 24.2 Å². The summed E-state index contributed by atoms with van der Waals surface area (Å²) in [4.78, 5) is 22.9. The third kappa shape index (κ3) is 4.23. The Morgan fingerprint density at radius 1 is 1.13 bits per heavy atom. The van der Waals surface area contributed by atoms with E-state index in [1.165, 1.54) is 12.1 Å². The molecule has 23 heavy (non-hydrogen) atoms. The summed E-state index contributed by atoms with van der Waals surface area (Å²) < 4.78 is 10.4. The van der Waals surface area contributed by atoms with Crippen molar-refractivity contribution in [2.45, 2.75) is 6.92 Å². The van der Waals surface area contributed by atoms with Gasteiger partial charge in [0.2, 0.25) is 0 Å². The lowest BCUT2D eigenvalue weighted by molar-refractivity contribution is -0.255. The largest absolute Gasteiger partial charge is 0.545 e. The Hall–Kier alpha value is -3.02. The maximum absolute atomic E-state index is 11.9. The molecule has 0 aliphatic rings. The van der Waals surface area contributed by atoms with Gasteiger partial charge in [-0.15, -0.1) is 0 Å². The normalized spacial score (nSPS) is 10.0. The van der Waals surface area contributed by atoms with Crippen LogP contribution in [0.2, 0.25) is 0 Å². The summed E-state index contributed by atoms with van der Waals surface area (Å²) in [6, 6.07) is 11.5. The average molecular weight is 314 g/mol. The van der Waals surface area contributed by atoms with Crippen molar-refractivity contribution in [3.63, 3.8) is 0 Å². The number of ether oxygens (including phenoxy) is 2. The molecule has 6 nitrogen and oxygen atoms in total. The van der Waals surface area contributed by atoms with Gasteiger partial charge in [0.25, 0.3) is 5.91 Å². The van der Waals surface area contributed by atoms with Gasteiger partial charge in [-0.25, -0.2) is 0 Å². The maximum atomic E-state index is 11.9. The average Bonchev–Trinajstić information content (AvgIpc) is 2.55. The zero-order valence-electron chi connectivity index (χ0n) is 12.8. The summed E-state index contributed by atoms with van der Waals surface area (Å²) in [7, 11) is 1.54. The molecule has 1 amide bonds. The molecule has 6 heteroatoms. The molecule has 0 saturated carbocycles. The van der Waals surface area contributed by atoms with Crippen molar-refractivity contribution in [2.75, 3.05) is 19.0 Å². The molecule has 0 atom stereocenters. The molecule has 0 radical (unpaired) electrons. The lowest BCUT2D eigenvalue weighted by Crippen LogP contribution is -2.25. The number of nitrogens with one attached hydrogen (secondary N) is 1. The summed E-state index contributed by atoms with van der Waals surface area (Å²) in [5.41, 5.74) is 0.879. The molecule has 0 fully saturated rings. The van der Waals surface area contributed by atoms with Crippen LogP contribution in [0.4, 0.5) is 5.69 Å². The lowest BCUT2D eigenvalue weighted by atomic mass is 10.1. The topological polar surface area (TPSA) is 87.7 Å². The smallest absolute Gasteiger partial charge is 0.262 e. The summed E-state index contributed by atoms with van der Waals surface area (Å²) in [5.74, 6) is -0.558. The molecule has 0 bridgehead atoms. The third-order valence-electron chi connectivity index (χ3n) is 3.24. The second-order valence-corrected chi connectivity index (χ2v) is 4.78. The first-order valence-corrected chi connectivity index (χ1v) is 6.89. The SMILES string of the molecule is COc1cccc(OCC(=O)Nc2cccc(C(=O)[O-])c2C)c1. The number of hydrogen-bond acceptors (Lipinski definition) is 5. The second kappa shape index (κ2) is 7.31. The van der Waals surface area contributed by atoms with Gasteiger partial charge in [-0.05, 0) is 30.7 Å². The number of rotatable bonds is 6. The highest BCUT2D eigenvalue weighted by molar-refractivity contribution is 5.96. The van der Waals surface area contributed by atoms with E-state index in [9.17, 15) is 14.7 Å². The molecular weight excluding hydrogens is 298 g/mol. The van der Waals surface area contributed by atoms with Gasteiger partial charge in [-0.1, -0.05) is 18.2 Å². The van der Waals surface area contributed by atoms with Crippen LogP contribution < -0.4 is 19.9 Å². The van der Waals surface area contributed by atoms with Crippen LogP contribution >= 0.6 is 0 Å². The lowest BCUT2D eigenvalue weighted by Gasteiger charge is -2.13. The van der Waals surface area contributed by atoms with Crippen molar-refractivity contribution in [1.29, 1.82) is 0 Å². The molecule has 0 spiro atoms. The molecule has 120 valence electrons. The number of carbonyl (C=O) groups excluding carboxylic acids is 2. The number of carboxylic acid groups (broad SMARTS) is 1. The predicted molar refractivity (Wildman–Crippen MR) is 82.6 cm³/mol. The highest BCUT2D eigenvalue weighted by atomic mass is 16.5. The number of carbonyl (C=O) groups is 2. The molecule has 0 aromatic heterocycles. The molecular formula is C17H16NO5-. The van der Waals surface area contributed by atoms with E-state index in [1.54, 1.807) is 44.4 Å². The van der Waals surface area contributed by atoms with Crippen LogP contribution in [0.15, 0.2) is 42.5 Å². The standard InChI is InChI=1S/C17H17NO5/c1-11-14(17(20)21)7-4-8-15(11)18-16(19)10-23-13-6-3-5-12(9-13)22-2/h3-9H,10H2,1-2H3,(H,18,19)(H,20,21)/p-1. The Morgan fingerprint density at radius 2 is 1.83 bits per heavy atom. The van der Waals surface area contributed by atoms with Gasteiger partial charge in [0.05, 0.1) is 13.1 Å². The zero-order valence-corrected chi connectivity index (χ0v) is 12.8. The van der Waals surface area contributed by atoms with Crippen molar-refractivity contribution in [3.05, 3.63) is 53.6 Å². The fourth-order valence-electron chi connectivity index (χ4n) is 2.02. The van der Waals surface area contributed by atoms with Gasteiger partial charge in [0.15, 0.2) is 6.61 Å². The minimum absolute atomic E-state index is 0.0384. The first kappa shape index (κ1) is 16.4. The Balaban J connectivity index is 2.00. The molecule has 1 N–H and O–H groups in total. The number of methoxy groups -OCH3 is 1. The van der Waals surface area contributed by atoms with E-state index >= 15 is 0 Å². The van der Waals surface area contributed by atoms with E-state index in [0.717, 1.165) is 0 Å². The van der Waals surface area contributed by atoms with E-state index in [-0.39, 0.29) is 12.2 Å². The number of hydrogen-bond donors (Lipinski definition) is 1. The van der Waals surface area contributed by atoms with E-state index in [4.69, 9.17) is 9.47 Å². The van der Waals surface area contributed by atoms with Gasteiger partial charge >= 0.3 is 0 Å². The van der Waals surface area contributed by atoms with E-state index < -0.39 is 11.9 Å². The van der Waals surface area contributed by atoms with Gasteiger partial charge in [-0.3, -0.25) is 4.79 Å². The quantitative estimate of drug-likeness (QED) is 0.870. The van der Waals surface area contributed by atoms with Crippen LogP contribution in [0, 0.1) is 6.92 Å². The first-order chi connectivity index (χ1) is 11.0. The summed E-state index contributed by atoms with van der Waals surface area (Å²) in [6.45, 7) is 1.39. The second-order valence-electron chi connectivity index (χ2n) is 4.78. The van der Waals surface area contributed by atoms with Crippen LogP contribution in [-0.4, -0.2) is 25.6 Å². The van der Waals surface area contributed by atoms with Crippen molar-refractivity contribution in [1.82, 2.24) is 0 Å². The zero-order chi connectivity index (χ0) is 16.8. The molecule has 0 aliphatic heterocycles. The minimum Gasteiger partial charge on any atom is -0.545 e. The van der Waals surface area contributed by atoms with Gasteiger partial charge in [0, 0.05) is 17.3 Å². The van der Waals surface area contributed by atoms with E-state index in [0.29, 0.717) is 22.7 Å². The summed E-state index contributed by atoms with van der Waals surface area (Å²) >= 11 is 0. The highest BCUT2D eigenvalue weighted by Gasteiger charge is 2.09. The molecule has 2 rings (SSSR count). The molecule has 2 aromatic carbocycles. The molecule has 2 aromatic rings. The molecule has 0 aliphatic carbocycles. The maximum Gasteiger partial charge on any atom is 0.262 e. The molecule has 0 saturated heterocycles. The van der Waals surface area contributed by atoms with Gasteiger partial charge in [-0.2, -0.15) is 0 Å². The summed E-state index contributed by atoms with van der Waals surface area (Å²) in [5, 5.41) is 13.6. The Kier molecular flexibility index (Phi) is 5.19. The fourth-order valence-corrected chi connectivity index (χ4v) is 2.02. The molecule has 0 unspecified atom stereocenters. The fraction of sp³-hybridized carbons (Fsp3) is 0.176. The predicted octanol–water partition coefficient (Wildman–Crippen LogP) is 1.38. The number of amides is 1. The number of aromatic carboxylic acids is 1.